The summed E-state index contributed by atoms with van der Waals surface area (Å²) in [6.45, 7) is 0. The molecule has 0 fully saturated rings. The van der Waals surface area contributed by atoms with E-state index < -0.39 is 5.97 Å². The van der Waals surface area contributed by atoms with Gasteiger partial charge in [0, 0.05) is 16.9 Å². The Kier molecular flexibility index (Phi) is 3.43. The SMILES string of the molecule is O=C1OC(c2ccccc2Br)=N/C1=C/c1ccncc1. The van der Waals surface area contributed by atoms with Gasteiger partial charge in [0.15, 0.2) is 5.70 Å². The van der Waals surface area contributed by atoms with E-state index >= 15 is 0 Å². The third-order valence-corrected chi connectivity index (χ3v) is 3.43. The first-order valence-corrected chi connectivity index (χ1v) is 6.71. The molecule has 0 saturated carbocycles. The maximum absolute atomic E-state index is 11.8. The molecule has 0 saturated heterocycles. The van der Waals surface area contributed by atoms with Gasteiger partial charge in [0.05, 0.1) is 5.56 Å². The minimum absolute atomic E-state index is 0.280. The number of halogens is 1. The Bertz CT molecular complexity index is 724. The molecule has 1 aromatic carbocycles. The van der Waals surface area contributed by atoms with Gasteiger partial charge in [0.2, 0.25) is 5.90 Å². The predicted molar refractivity (Wildman–Crippen MR) is 79.0 cm³/mol. The normalized spacial score (nSPS) is 16.1. The largest absolute Gasteiger partial charge is 0.402 e. The van der Waals surface area contributed by atoms with E-state index in [1.165, 1.54) is 0 Å². The van der Waals surface area contributed by atoms with Crippen LogP contribution >= 0.6 is 15.9 Å². The van der Waals surface area contributed by atoms with Gasteiger partial charge < -0.3 is 4.74 Å². The monoisotopic (exact) mass is 328 g/mol. The second-order valence-electron chi connectivity index (χ2n) is 4.10. The molecular weight excluding hydrogens is 320 g/mol. The van der Waals surface area contributed by atoms with Crippen LogP contribution in [0.2, 0.25) is 0 Å². The van der Waals surface area contributed by atoms with Gasteiger partial charge in [-0.25, -0.2) is 9.79 Å². The molecule has 0 spiro atoms. The van der Waals surface area contributed by atoms with Gasteiger partial charge in [0.25, 0.3) is 0 Å². The number of hydrogen-bond acceptors (Lipinski definition) is 4. The number of rotatable bonds is 2. The van der Waals surface area contributed by atoms with E-state index in [2.05, 4.69) is 25.9 Å². The van der Waals surface area contributed by atoms with Crippen LogP contribution in [-0.2, 0) is 9.53 Å². The maximum atomic E-state index is 11.8. The Balaban J connectivity index is 1.98. The van der Waals surface area contributed by atoms with Crippen molar-refractivity contribution in [1.82, 2.24) is 4.98 Å². The lowest BCUT2D eigenvalue weighted by Crippen LogP contribution is -2.05. The van der Waals surface area contributed by atoms with Crippen molar-refractivity contribution in [3.63, 3.8) is 0 Å². The lowest BCUT2D eigenvalue weighted by atomic mass is 10.2. The molecule has 0 amide bonds. The number of pyridine rings is 1. The van der Waals surface area contributed by atoms with E-state index in [0.29, 0.717) is 5.90 Å². The van der Waals surface area contributed by atoms with Crippen LogP contribution in [0, 0.1) is 0 Å². The van der Waals surface area contributed by atoms with Crippen LogP contribution in [0.3, 0.4) is 0 Å². The Hall–Kier alpha value is -2.27. The fourth-order valence-electron chi connectivity index (χ4n) is 1.78. The highest BCUT2D eigenvalue weighted by atomic mass is 79.9. The van der Waals surface area contributed by atoms with Crippen molar-refractivity contribution in [3.05, 3.63) is 70.1 Å². The smallest absolute Gasteiger partial charge is 0.363 e. The molecule has 2 heterocycles. The number of esters is 1. The standard InChI is InChI=1S/C15H9BrN2O2/c16-12-4-2-1-3-11(12)14-18-13(15(19)20-14)9-10-5-7-17-8-6-10/h1-9H/b13-9+. The van der Waals surface area contributed by atoms with Crippen LogP contribution in [0.1, 0.15) is 11.1 Å². The molecule has 5 heteroatoms. The molecule has 0 N–H and O–H groups in total. The summed E-state index contributed by atoms with van der Waals surface area (Å²) >= 11 is 3.41. The zero-order valence-corrected chi connectivity index (χ0v) is 11.9. The number of ether oxygens (including phenoxy) is 1. The summed E-state index contributed by atoms with van der Waals surface area (Å²) in [4.78, 5) is 20.0. The van der Waals surface area contributed by atoms with Crippen molar-refractivity contribution in [2.24, 2.45) is 4.99 Å². The molecule has 0 atom stereocenters. The molecule has 1 aromatic heterocycles. The summed E-state index contributed by atoms with van der Waals surface area (Å²) in [7, 11) is 0. The van der Waals surface area contributed by atoms with E-state index in [-0.39, 0.29) is 5.70 Å². The fraction of sp³-hybridized carbons (Fsp3) is 0. The first-order chi connectivity index (χ1) is 9.74. The quantitative estimate of drug-likeness (QED) is 0.628. The van der Waals surface area contributed by atoms with E-state index in [0.717, 1.165) is 15.6 Å². The first-order valence-electron chi connectivity index (χ1n) is 5.91. The number of carbonyl (C=O) groups excluding carboxylic acids is 1. The van der Waals surface area contributed by atoms with Crippen LogP contribution in [-0.4, -0.2) is 16.9 Å². The molecular formula is C15H9BrN2O2. The Labute approximate surface area is 124 Å². The highest BCUT2D eigenvalue weighted by Gasteiger charge is 2.25. The van der Waals surface area contributed by atoms with Crippen LogP contribution in [0.5, 0.6) is 0 Å². The third kappa shape index (κ3) is 2.53. The summed E-state index contributed by atoms with van der Waals surface area (Å²) < 4.78 is 6.04. The Morgan fingerprint density at radius 3 is 2.60 bits per heavy atom. The molecule has 3 rings (SSSR count). The van der Waals surface area contributed by atoms with Crippen molar-refractivity contribution in [3.8, 4) is 0 Å². The van der Waals surface area contributed by atoms with Crippen molar-refractivity contribution < 1.29 is 9.53 Å². The van der Waals surface area contributed by atoms with Gasteiger partial charge in [-0.3, -0.25) is 4.98 Å². The van der Waals surface area contributed by atoms with Gasteiger partial charge in [0.1, 0.15) is 0 Å². The van der Waals surface area contributed by atoms with Crippen LogP contribution in [0.15, 0.2) is 64.0 Å². The molecule has 0 bridgehead atoms. The topological polar surface area (TPSA) is 51.5 Å². The fourth-order valence-corrected chi connectivity index (χ4v) is 2.23. The zero-order chi connectivity index (χ0) is 13.9. The zero-order valence-electron chi connectivity index (χ0n) is 10.3. The van der Waals surface area contributed by atoms with E-state index in [1.54, 1.807) is 30.6 Å². The average molecular weight is 329 g/mol. The molecule has 98 valence electrons. The molecule has 0 unspecified atom stereocenters. The number of hydrogen-bond donors (Lipinski definition) is 0. The van der Waals surface area contributed by atoms with E-state index in [1.807, 2.05) is 24.3 Å². The van der Waals surface area contributed by atoms with Gasteiger partial charge in [-0.1, -0.05) is 12.1 Å². The van der Waals surface area contributed by atoms with Crippen molar-refractivity contribution >= 4 is 33.9 Å². The molecule has 0 aliphatic carbocycles. The number of aromatic nitrogens is 1. The highest BCUT2D eigenvalue weighted by molar-refractivity contribution is 9.10. The predicted octanol–water partition coefficient (Wildman–Crippen LogP) is 3.19. The lowest BCUT2D eigenvalue weighted by Gasteiger charge is -2.01. The van der Waals surface area contributed by atoms with Gasteiger partial charge >= 0.3 is 5.97 Å². The number of nitrogens with zero attached hydrogens (tertiary/aromatic N) is 2. The highest BCUT2D eigenvalue weighted by Crippen LogP contribution is 2.23. The molecule has 1 aliphatic heterocycles. The van der Waals surface area contributed by atoms with Gasteiger partial charge in [-0.2, -0.15) is 0 Å². The van der Waals surface area contributed by atoms with E-state index in [9.17, 15) is 4.79 Å². The maximum Gasteiger partial charge on any atom is 0.363 e. The lowest BCUT2D eigenvalue weighted by molar-refractivity contribution is -0.129. The van der Waals surface area contributed by atoms with Gasteiger partial charge in [-0.15, -0.1) is 0 Å². The second kappa shape index (κ2) is 5.38. The molecule has 0 radical (unpaired) electrons. The van der Waals surface area contributed by atoms with Crippen LogP contribution in [0.4, 0.5) is 0 Å². The summed E-state index contributed by atoms with van der Waals surface area (Å²) in [6.07, 6.45) is 4.99. The molecule has 4 nitrogen and oxygen atoms in total. The first kappa shape index (κ1) is 12.7. The summed E-state index contributed by atoms with van der Waals surface area (Å²) in [6, 6.07) is 11.1. The summed E-state index contributed by atoms with van der Waals surface area (Å²) in [5.41, 5.74) is 1.88. The number of aliphatic imine (C=N–C) groups is 1. The Morgan fingerprint density at radius 2 is 1.85 bits per heavy atom. The number of carbonyl (C=O) groups is 1. The minimum Gasteiger partial charge on any atom is -0.402 e. The number of cyclic esters (lactones) is 1. The third-order valence-electron chi connectivity index (χ3n) is 2.73. The van der Waals surface area contributed by atoms with Crippen molar-refractivity contribution in [2.45, 2.75) is 0 Å². The number of benzene rings is 1. The second-order valence-corrected chi connectivity index (χ2v) is 4.95. The molecule has 20 heavy (non-hydrogen) atoms. The average Bonchev–Trinajstić information content (AvgIpc) is 2.81. The van der Waals surface area contributed by atoms with Gasteiger partial charge in [-0.05, 0) is 51.8 Å². The van der Waals surface area contributed by atoms with Crippen molar-refractivity contribution in [1.29, 1.82) is 0 Å². The van der Waals surface area contributed by atoms with Crippen LogP contribution < -0.4 is 0 Å². The summed E-state index contributed by atoms with van der Waals surface area (Å²) in [5.74, 6) is -0.143. The molecule has 1 aliphatic rings. The summed E-state index contributed by atoms with van der Waals surface area (Å²) in [5, 5.41) is 0. The van der Waals surface area contributed by atoms with E-state index in [4.69, 9.17) is 4.74 Å². The van der Waals surface area contributed by atoms with Crippen LogP contribution in [0.25, 0.3) is 6.08 Å². The Morgan fingerprint density at radius 1 is 1.10 bits per heavy atom. The molecule has 2 aromatic rings. The minimum atomic E-state index is -0.451. The van der Waals surface area contributed by atoms with Crippen molar-refractivity contribution in [2.75, 3.05) is 0 Å².